The third-order valence-corrected chi connectivity index (χ3v) is 5.96. The van der Waals surface area contributed by atoms with Crippen molar-refractivity contribution in [3.05, 3.63) is 47.1 Å². The van der Waals surface area contributed by atoms with Crippen LogP contribution < -0.4 is 15.5 Å². The highest BCUT2D eigenvalue weighted by Crippen LogP contribution is 2.35. The van der Waals surface area contributed by atoms with Crippen molar-refractivity contribution in [3.63, 3.8) is 0 Å². The molecule has 2 amide bonds. The molecule has 2 aliphatic rings. The molecule has 1 aliphatic heterocycles. The Morgan fingerprint density at radius 2 is 1.44 bits per heavy atom. The highest BCUT2D eigenvalue weighted by molar-refractivity contribution is 6.33. The van der Waals surface area contributed by atoms with Gasteiger partial charge in [-0.3, -0.25) is 9.59 Å². The number of carbonyl (C=O) groups excluding carboxylic acids is 2. The fourth-order valence-electron chi connectivity index (χ4n) is 3.64. The van der Waals surface area contributed by atoms with E-state index in [1.165, 1.54) is 0 Å². The zero-order valence-electron chi connectivity index (χ0n) is 17.1. The lowest BCUT2D eigenvalue weighted by atomic mass is 9.95. The molecular formula is C22H22ClF3N4O2. The Bertz CT molecular complexity index is 1000. The van der Waals surface area contributed by atoms with Gasteiger partial charge < -0.3 is 15.5 Å². The second-order valence-electron chi connectivity index (χ2n) is 8.12. The van der Waals surface area contributed by atoms with Gasteiger partial charge in [-0.15, -0.1) is 0 Å². The maximum absolute atomic E-state index is 12.8. The van der Waals surface area contributed by atoms with Crippen molar-refractivity contribution >= 4 is 40.6 Å². The fraction of sp³-hybridized carbons (Fsp3) is 0.409. The van der Waals surface area contributed by atoms with Gasteiger partial charge in [-0.2, -0.15) is 13.2 Å². The first-order chi connectivity index (χ1) is 15.2. The molecule has 0 spiro atoms. The summed E-state index contributed by atoms with van der Waals surface area (Å²) in [6.07, 6.45) is -0.807. The molecule has 10 heteroatoms. The summed E-state index contributed by atoms with van der Waals surface area (Å²) >= 11 is 6.03. The molecular weight excluding hydrogens is 445 g/mol. The van der Waals surface area contributed by atoms with Gasteiger partial charge >= 0.3 is 6.18 Å². The van der Waals surface area contributed by atoms with Gasteiger partial charge in [0, 0.05) is 42.5 Å². The van der Waals surface area contributed by atoms with Crippen molar-refractivity contribution in [3.8, 4) is 0 Å². The minimum Gasteiger partial charge on any atom is -0.355 e. The van der Waals surface area contributed by atoms with Gasteiger partial charge in [0.25, 0.3) is 0 Å². The zero-order chi connectivity index (χ0) is 22.9. The predicted molar refractivity (Wildman–Crippen MR) is 116 cm³/mol. The van der Waals surface area contributed by atoms with Gasteiger partial charge in [-0.05, 0) is 56.0 Å². The molecule has 2 N–H and O–H groups in total. The van der Waals surface area contributed by atoms with Crippen LogP contribution in [0.1, 0.15) is 31.2 Å². The number of alkyl halides is 3. The normalized spacial score (nSPS) is 17.2. The lowest BCUT2D eigenvalue weighted by Crippen LogP contribution is -2.38. The number of anilines is 3. The number of amides is 2. The number of aromatic nitrogens is 1. The summed E-state index contributed by atoms with van der Waals surface area (Å²) in [6.45, 7) is 0.921. The van der Waals surface area contributed by atoms with E-state index >= 15 is 0 Å². The molecule has 2 aromatic rings. The lowest BCUT2D eigenvalue weighted by Gasteiger charge is -2.32. The summed E-state index contributed by atoms with van der Waals surface area (Å²) in [5, 5.41) is 5.67. The van der Waals surface area contributed by atoms with Crippen LogP contribution in [0.15, 0.2) is 36.5 Å². The number of carbonyl (C=O) groups is 2. The molecule has 0 unspecified atom stereocenters. The average molecular weight is 467 g/mol. The van der Waals surface area contributed by atoms with Gasteiger partial charge in [0.15, 0.2) is 0 Å². The summed E-state index contributed by atoms with van der Waals surface area (Å²) in [7, 11) is 0. The Kier molecular flexibility index (Phi) is 6.28. The maximum atomic E-state index is 12.8. The van der Waals surface area contributed by atoms with Crippen LogP contribution in [-0.2, 0) is 15.8 Å². The molecule has 4 rings (SSSR count). The second-order valence-corrected chi connectivity index (χ2v) is 8.53. The first kappa shape index (κ1) is 22.4. The van der Waals surface area contributed by atoms with Crippen LogP contribution in [-0.4, -0.2) is 29.9 Å². The molecule has 170 valence electrons. The third kappa shape index (κ3) is 5.32. The summed E-state index contributed by atoms with van der Waals surface area (Å²) < 4.78 is 38.4. The van der Waals surface area contributed by atoms with Crippen LogP contribution in [0.25, 0.3) is 0 Å². The largest absolute Gasteiger partial charge is 0.417 e. The number of hydrogen-bond acceptors (Lipinski definition) is 4. The van der Waals surface area contributed by atoms with Crippen molar-refractivity contribution in [1.29, 1.82) is 0 Å². The number of nitrogens with one attached hydrogen (secondary N) is 2. The van der Waals surface area contributed by atoms with Gasteiger partial charge in [0.2, 0.25) is 11.8 Å². The van der Waals surface area contributed by atoms with E-state index in [1.54, 1.807) is 29.2 Å². The molecule has 2 heterocycles. The number of benzene rings is 1. The van der Waals surface area contributed by atoms with Gasteiger partial charge in [0.05, 0.1) is 10.6 Å². The highest BCUT2D eigenvalue weighted by Gasteiger charge is 2.33. The number of rotatable bonds is 5. The molecule has 0 atom stereocenters. The minimum atomic E-state index is -4.50. The lowest BCUT2D eigenvalue weighted by molar-refractivity contribution is -0.137. The number of nitrogens with zero attached hydrogens (tertiary/aromatic N) is 2. The SMILES string of the molecule is O=C(Nc1ccc(NC(=O)C2CCN(c3ncc(C(F)(F)F)cc3Cl)CC2)cc1)C1CC1. The van der Waals surface area contributed by atoms with E-state index < -0.39 is 11.7 Å². The van der Waals surface area contributed by atoms with E-state index in [0.29, 0.717) is 43.1 Å². The predicted octanol–water partition coefficient (Wildman–Crippen LogP) is 4.96. The van der Waals surface area contributed by atoms with Gasteiger partial charge in [-0.25, -0.2) is 4.98 Å². The number of pyridine rings is 1. The van der Waals surface area contributed by atoms with Crippen molar-refractivity contribution in [2.75, 3.05) is 28.6 Å². The van der Waals surface area contributed by atoms with Crippen molar-refractivity contribution in [2.45, 2.75) is 31.9 Å². The highest BCUT2D eigenvalue weighted by atomic mass is 35.5. The van der Waals surface area contributed by atoms with E-state index in [2.05, 4.69) is 15.6 Å². The number of halogens is 4. The first-order valence-corrected chi connectivity index (χ1v) is 10.8. The van der Waals surface area contributed by atoms with Crippen LogP contribution in [0.3, 0.4) is 0 Å². The zero-order valence-corrected chi connectivity index (χ0v) is 17.8. The molecule has 1 aliphatic carbocycles. The second kappa shape index (κ2) is 8.97. The van der Waals surface area contributed by atoms with Crippen molar-refractivity contribution in [1.82, 2.24) is 4.98 Å². The van der Waals surface area contributed by atoms with Crippen molar-refractivity contribution < 1.29 is 22.8 Å². The molecule has 2 fully saturated rings. The molecule has 0 bridgehead atoms. The molecule has 0 radical (unpaired) electrons. The summed E-state index contributed by atoms with van der Waals surface area (Å²) in [5.74, 6) is 0.0889. The Labute approximate surface area is 188 Å². The fourth-order valence-corrected chi connectivity index (χ4v) is 3.93. The molecule has 32 heavy (non-hydrogen) atoms. The summed E-state index contributed by atoms with van der Waals surface area (Å²) in [5.41, 5.74) is 0.432. The van der Waals surface area contributed by atoms with E-state index in [1.807, 2.05) is 0 Å². The average Bonchev–Trinajstić information content (AvgIpc) is 3.60. The Balaban J connectivity index is 1.29. The third-order valence-electron chi connectivity index (χ3n) is 5.68. The van der Waals surface area contributed by atoms with Crippen LogP contribution in [0, 0.1) is 11.8 Å². The van der Waals surface area contributed by atoms with Crippen molar-refractivity contribution in [2.24, 2.45) is 11.8 Å². The molecule has 1 saturated carbocycles. The number of piperidine rings is 1. The van der Waals surface area contributed by atoms with E-state index in [4.69, 9.17) is 11.6 Å². The monoisotopic (exact) mass is 466 g/mol. The van der Waals surface area contributed by atoms with Crippen LogP contribution in [0.2, 0.25) is 5.02 Å². The Morgan fingerprint density at radius 1 is 0.938 bits per heavy atom. The molecule has 6 nitrogen and oxygen atoms in total. The van der Waals surface area contributed by atoms with Crippen LogP contribution in [0.4, 0.5) is 30.4 Å². The standard InChI is InChI=1S/C22H22ClF3N4O2/c23-18-11-15(22(24,25)26)12-27-19(18)30-9-7-14(8-10-30)21(32)29-17-5-3-16(4-6-17)28-20(31)13-1-2-13/h3-6,11-14H,1-2,7-10H2,(H,28,31)(H,29,32). The first-order valence-electron chi connectivity index (χ1n) is 10.4. The Morgan fingerprint density at radius 3 is 1.88 bits per heavy atom. The minimum absolute atomic E-state index is 0.0242. The van der Waals surface area contributed by atoms with Crippen LogP contribution >= 0.6 is 11.6 Å². The topological polar surface area (TPSA) is 74.3 Å². The number of hydrogen-bond donors (Lipinski definition) is 2. The molecule has 1 aromatic carbocycles. The Hall–Kier alpha value is -2.81. The van der Waals surface area contributed by atoms with E-state index in [9.17, 15) is 22.8 Å². The van der Waals surface area contributed by atoms with Crippen LogP contribution in [0.5, 0.6) is 0 Å². The maximum Gasteiger partial charge on any atom is 0.417 e. The van der Waals surface area contributed by atoms with Gasteiger partial charge in [0.1, 0.15) is 5.82 Å². The quantitative estimate of drug-likeness (QED) is 0.653. The molecule has 1 aromatic heterocycles. The smallest absolute Gasteiger partial charge is 0.355 e. The van der Waals surface area contributed by atoms with E-state index in [0.717, 1.165) is 25.1 Å². The molecule has 1 saturated heterocycles. The summed E-state index contributed by atoms with van der Waals surface area (Å²) in [6, 6.07) is 7.84. The van der Waals surface area contributed by atoms with Gasteiger partial charge in [-0.1, -0.05) is 11.6 Å². The van der Waals surface area contributed by atoms with E-state index in [-0.39, 0.29) is 28.7 Å². The summed E-state index contributed by atoms with van der Waals surface area (Å²) in [4.78, 5) is 30.1.